The van der Waals surface area contributed by atoms with Crippen LogP contribution < -0.4 is 0 Å². The Balaban J connectivity index is 1.47. The van der Waals surface area contributed by atoms with E-state index in [1.165, 1.54) is 47.9 Å². The van der Waals surface area contributed by atoms with Gasteiger partial charge in [0.2, 0.25) is 0 Å². The lowest BCUT2D eigenvalue weighted by molar-refractivity contribution is 0.795. The Morgan fingerprint density at radius 3 is 1.37 bits per heavy atom. The molecule has 0 amide bonds. The predicted molar refractivity (Wildman–Crippen MR) is 131 cm³/mol. The first-order chi connectivity index (χ1) is 14.8. The number of hydrogen-bond donors (Lipinski definition) is 0. The van der Waals surface area contributed by atoms with Gasteiger partial charge in [-0.25, -0.2) is 9.97 Å². The monoisotopic (exact) mass is 432 g/mol. The maximum absolute atomic E-state index is 4.86. The molecule has 0 N–H and O–H groups in total. The van der Waals surface area contributed by atoms with Gasteiger partial charge in [0, 0.05) is 21.9 Å². The SMILES string of the molecule is CCCCc1ccc(-c2csc(-c3nc(-c4ccc(CCCC)cc4)cs3)n2)cc1. The van der Waals surface area contributed by atoms with Crippen molar-refractivity contribution < 1.29 is 0 Å². The number of unbranched alkanes of at least 4 members (excludes halogenated alkanes) is 2. The number of hydrogen-bond acceptors (Lipinski definition) is 4. The Morgan fingerprint density at radius 2 is 1.00 bits per heavy atom. The zero-order valence-corrected chi connectivity index (χ0v) is 19.4. The molecule has 0 radical (unpaired) electrons. The summed E-state index contributed by atoms with van der Waals surface area (Å²) in [6.07, 6.45) is 7.26. The van der Waals surface area contributed by atoms with E-state index in [0.29, 0.717) is 0 Å². The molecule has 0 aliphatic heterocycles. The van der Waals surface area contributed by atoms with Gasteiger partial charge in [0.15, 0.2) is 10.0 Å². The molecule has 0 spiro atoms. The maximum Gasteiger partial charge on any atom is 0.152 e. The second-order valence-electron chi connectivity index (χ2n) is 7.68. The van der Waals surface area contributed by atoms with Crippen molar-refractivity contribution >= 4 is 22.7 Å². The Hall–Kier alpha value is -2.30. The summed E-state index contributed by atoms with van der Waals surface area (Å²) in [5.74, 6) is 0. The minimum absolute atomic E-state index is 0.996. The Labute approximate surface area is 187 Å². The van der Waals surface area contributed by atoms with Gasteiger partial charge in [-0.05, 0) is 36.8 Å². The van der Waals surface area contributed by atoms with Crippen molar-refractivity contribution in [2.75, 3.05) is 0 Å². The molecule has 154 valence electrons. The first-order valence-corrected chi connectivity index (χ1v) is 12.6. The molecule has 0 saturated carbocycles. The summed E-state index contributed by atoms with van der Waals surface area (Å²) < 4.78 is 0. The summed E-state index contributed by atoms with van der Waals surface area (Å²) in [7, 11) is 0. The van der Waals surface area contributed by atoms with Crippen LogP contribution in [0.15, 0.2) is 59.3 Å². The smallest absolute Gasteiger partial charge is 0.152 e. The third-order valence-electron chi connectivity index (χ3n) is 5.33. The summed E-state index contributed by atoms with van der Waals surface area (Å²) in [6.45, 7) is 4.47. The molecule has 0 bridgehead atoms. The number of thiazole rings is 2. The Kier molecular flexibility index (Phi) is 7.08. The minimum atomic E-state index is 0.996. The molecule has 0 aliphatic carbocycles. The predicted octanol–water partition coefficient (Wildman–Crippen LogP) is 8.29. The molecule has 2 aromatic carbocycles. The summed E-state index contributed by atoms with van der Waals surface area (Å²) in [5.41, 5.74) is 7.24. The van der Waals surface area contributed by atoms with E-state index in [0.717, 1.165) is 34.2 Å². The van der Waals surface area contributed by atoms with Crippen LogP contribution in [0.5, 0.6) is 0 Å². The molecule has 0 saturated heterocycles. The average Bonchev–Trinajstić information content (AvgIpc) is 3.47. The zero-order chi connectivity index (χ0) is 20.8. The van der Waals surface area contributed by atoms with Crippen LogP contribution in [0.25, 0.3) is 32.5 Å². The van der Waals surface area contributed by atoms with E-state index in [1.54, 1.807) is 22.7 Å². The fraction of sp³-hybridized carbons (Fsp3) is 0.308. The Bertz CT molecular complexity index is 971. The van der Waals surface area contributed by atoms with Crippen LogP contribution >= 0.6 is 22.7 Å². The lowest BCUT2D eigenvalue weighted by atomic mass is 10.1. The van der Waals surface area contributed by atoms with Crippen LogP contribution in [0.3, 0.4) is 0 Å². The van der Waals surface area contributed by atoms with Crippen LogP contribution in [0.4, 0.5) is 0 Å². The highest BCUT2D eigenvalue weighted by Gasteiger charge is 2.12. The molecule has 0 atom stereocenters. The first-order valence-electron chi connectivity index (χ1n) is 10.9. The van der Waals surface area contributed by atoms with Gasteiger partial charge in [-0.15, -0.1) is 22.7 Å². The standard InChI is InChI=1S/C26H28N2S2/c1-3-5-7-19-9-13-21(14-10-19)23-17-29-25(27-23)26-28-24(18-30-26)22-15-11-20(12-16-22)8-6-4-2/h9-18H,3-8H2,1-2H3. The molecule has 0 unspecified atom stereocenters. The van der Waals surface area contributed by atoms with E-state index in [4.69, 9.17) is 9.97 Å². The largest absolute Gasteiger partial charge is 0.233 e. The third-order valence-corrected chi connectivity index (χ3v) is 7.16. The van der Waals surface area contributed by atoms with Crippen molar-refractivity contribution in [3.63, 3.8) is 0 Å². The van der Waals surface area contributed by atoms with E-state index in [9.17, 15) is 0 Å². The number of aromatic nitrogens is 2. The van der Waals surface area contributed by atoms with Crippen molar-refractivity contribution in [2.24, 2.45) is 0 Å². The van der Waals surface area contributed by atoms with Crippen molar-refractivity contribution in [3.8, 4) is 32.5 Å². The van der Waals surface area contributed by atoms with E-state index in [2.05, 4.69) is 73.1 Å². The lowest BCUT2D eigenvalue weighted by Crippen LogP contribution is -1.86. The molecule has 2 heterocycles. The van der Waals surface area contributed by atoms with Gasteiger partial charge < -0.3 is 0 Å². The van der Waals surface area contributed by atoms with E-state index in [1.807, 2.05) is 0 Å². The van der Waals surface area contributed by atoms with E-state index < -0.39 is 0 Å². The molecule has 2 nitrogen and oxygen atoms in total. The molecular formula is C26H28N2S2. The molecular weight excluding hydrogens is 404 g/mol. The third kappa shape index (κ3) is 5.05. The zero-order valence-electron chi connectivity index (χ0n) is 17.7. The second kappa shape index (κ2) is 10.1. The molecule has 30 heavy (non-hydrogen) atoms. The molecule has 4 aromatic rings. The van der Waals surface area contributed by atoms with Gasteiger partial charge in [-0.3, -0.25) is 0 Å². The first kappa shape index (κ1) is 21.0. The van der Waals surface area contributed by atoms with Crippen LogP contribution in [-0.4, -0.2) is 9.97 Å². The van der Waals surface area contributed by atoms with Gasteiger partial charge >= 0.3 is 0 Å². The summed E-state index contributed by atoms with van der Waals surface area (Å²) in [6, 6.07) is 17.7. The number of rotatable bonds is 9. The van der Waals surface area contributed by atoms with Gasteiger partial charge in [-0.1, -0.05) is 75.2 Å². The van der Waals surface area contributed by atoms with E-state index in [-0.39, 0.29) is 0 Å². The van der Waals surface area contributed by atoms with Crippen molar-refractivity contribution in [1.82, 2.24) is 9.97 Å². The molecule has 4 rings (SSSR count). The molecule has 2 aromatic heterocycles. The summed E-state index contributed by atoms with van der Waals surface area (Å²) in [4.78, 5) is 9.73. The molecule has 0 aliphatic rings. The van der Waals surface area contributed by atoms with Gasteiger partial charge in [0.1, 0.15) is 0 Å². The maximum atomic E-state index is 4.86. The summed E-state index contributed by atoms with van der Waals surface area (Å²) in [5, 5.41) is 6.27. The number of nitrogens with zero attached hydrogens (tertiary/aromatic N) is 2. The minimum Gasteiger partial charge on any atom is -0.233 e. The van der Waals surface area contributed by atoms with Crippen LogP contribution in [0.1, 0.15) is 50.7 Å². The van der Waals surface area contributed by atoms with Crippen LogP contribution in [0, 0.1) is 0 Å². The highest BCUT2D eigenvalue weighted by molar-refractivity contribution is 7.20. The lowest BCUT2D eigenvalue weighted by Gasteiger charge is -2.01. The van der Waals surface area contributed by atoms with Crippen molar-refractivity contribution in [2.45, 2.75) is 52.4 Å². The van der Waals surface area contributed by atoms with E-state index >= 15 is 0 Å². The van der Waals surface area contributed by atoms with Crippen LogP contribution in [0.2, 0.25) is 0 Å². The number of benzene rings is 2. The molecule has 0 fully saturated rings. The Morgan fingerprint density at radius 1 is 0.600 bits per heavy atom. The summed E-state index contributed by atoms with van der Waals surface area (Å²) >= 11 is 3.34. The van der Waals surface area contributed by atoms with Crippen molar-refractivity contribution in [3.05, 3.63) is 70.4 Å². The fourth-order valence-corrected chi connectivity index (χ4v) is 5.16. The molecule has 4 heteroatoms. The van der Waals surface area contributed by atoms with Crippen molar-refractivity contribution in [1.29, 1.82) is 0 Å². The topological polar surface area (TPSA) is 25.8 Å². The second-order valence-corrected chi connectivity index (χ2v) is 9.39. The average molecular weight is 433 g/mol. The highest BCUT2D eigenvalue weighted by Crippen LogP contribution is 2.33. The van der Waals surface area contributed by atoms with Gasteiger partial charge in [0.25, 0.3) is 0 Å². The fourth-order valence-electron chi connectivity index (χ4n) is 3.46. The van der Waals surface area contributed by atoms with Gasteiger partial charge in [0.05, 0.1) is 11.4 Å². The highest BCUT2D eigenvalue weighted by atomic mass is 32.1. The van der Waals surface area contributed by atoms with Crippen LogP contribution in [-0.2, 0) is 12.8 Å². The van der Waals surface area contributed by atoms with Gasteiger partial charge in [-0.2, -0.15) is 0 Å². The quantitative estimate of drug-likeness (QED) is 0.266. The normalized spacial score (nSPS) is 11.1. The number of aryl methyl sites for hydroxylation is 2.